The van der Waals surface area contributed by atoms with E-state index in [1.54, 1.807) is 42.5 Å². The Bertz CT molecular complexity index is 1150. The fourth-order valence-corrected chi connectivity index (χ4v) is 3.68. The lowest BCUT2D eigenvalue weighted by molar-refractivity contribution is -0.384. The minimum Gasteiger partial charge on any atom is -0.258 e. The van der Waals surface area contributed by atoms with Gasteiger partial charge < -0.3 is 0 Å². The lowest BCUT2D eigenvalue weighted by atomic mass is 10.2. The SMILES string of the molecule is Cc1ccc(S(=O)(=O)N(C#Cc2ccc([N+](=O)[O-])cc2)c2ccccc2)cc1. The summed E-state index contributed by atoms with van der Waals surface area (Å²) in [6.45, 7) is 1.87. The van der Waals surface area contributed by atoms with Gasteiger partial charge in [-0.2, -0.15) is 4.31 Å². The van der Waals surface area contributed by atoms with Crippen molar-refractivity contribution in [2.75, 3.05) is 4.31 Å². The molecule has 6 nitrogen and oxygen atoms in total. The minimum atomic E-state index is -3.91. The third-order valence-corrected chi connectivity index (χ3v) is 5.58. The zero-order valence-electron chi connectivity index (χ0n) is 14.9. The van der Waals surface area contributed by atoms with Crippen molar-refractivity contribution in [1.29, 1.82) is 0 Å². The average molecular weight is 392 g/mol. The van der Waals surface area contributed by atoms with Crippen molar-refractivity contribution in [3.63, 3.8) is 0 Å². The van der Waals surface area contributed by atoms with Gasteiger partial charge in [-0.3, -0.25) is 10.1 Å². The molecule has 7 heteroatoms. The number of hydrogen-bond acceptors (Lipinski definition) is 4. The van der Waals surface area contributed by atoms with Crippen molar-refractivity contribution >= 4 is 21.4 Å². The van der Waals surface area contributed by atoms with Gasteiger partial charge in [0.2, 0.25) is 0 Å². The van der Waals surface area contributed by atoms with E-state index in [9.17, 15) is 18.5 Å². The summed E-state index contributed by atoms with van der Waals surface area (Å²) in [6.07, 6.45) is 0. The monoisotopic (exact) mass is 392 g/mol. The Morgan fingerprint density at radius 1 is 0.893 bits per heavy atom. The molecule has 0 saturated carbocycles. The maximum atomic E-state index is 13.1. The molecule has 0 atom stereocenters. The van der Waals surface area contributed by atoms with Crippen molar-refractivity contribution in [2.45, 2.75) is 11.8 Å². The highest BCUT2D eigenvalue weighted by atomic mass is 32.2. The summed E-state index contributed by atoms with van der Waals surface area (Å²) in [5.74, 6) is 2.77. The van der Waals surface area contributed by atoms with Gasteiger partial charge in [0, 0.05) is 23.7 Å². The van der Waals surface area contributed by atoms with Crippen LogP contribution in [-0.2, 0) is 10.0 Å². The Hall–Kier alpha value is -3.63. The third kappa shape index (κ3) is 4.19. The number of anilines is 1. The van der Waals surface area contributed by atoms with E-state index < -0.39 is 14.9 Å². The molecule has 0 aliphatic heterocycles. The van der Waals surface area contributed by atoms with Crippen LogP contribution >= 0.6 is 0 Å². The standard InChI is InChI=1S/C21H16N2O4S/c1-17-7-13-21(14-8-17)28(26,27)22(19-5-3-2-4-6-19)16-15-18-9-11-20(12-10-18)23(24)25/h2-14H,1H3. The second kappa shape index (κ2) is 7.94. The maximum absolute atomic E-state index is 13.1. The van der Waals surface area contributed by atoms with E-state index in [4.69, 9.17) is 0 Å². The third-order valence-electron chi connectivity index (χ3n) is 3.93. The van der Waals surface area contributed by atoms with Crippen LogP contribution in [0.25, 0.3) is 0 Å². The van der Waals surface area contributed by atoms with E-state index >= 15 is 0 Å². The van der Waals surface area contributed by atoms with Crippen LogP contribution in [-0.4, -0.2) is 13.3 Å². The van der Waals surface area contributed by atoms with Crippen LogP contribution in [0.3, 0.4) is 0 Å². The van der Waals surface area contributed by atoms with Crippen LogP contribution in [0.2, 0.25) is 0 Å². The van der Waals surface area contributed by atoms with Gasteiger partial charge in [-0.05, 0) is 49.2 Å². The normalized spacial score (nSPS) is 10.6. The molecule has 0 unspecified atom stereocenters. The van der Waals surface area contributed by atoms with Gasteiger partial charge in [0.25, 0.3) is 15.7 Å². The number of nitro benzene ring substituents is 1. The van der Waals surface area contributed by atoms with Crippen molar-refractivity contribution in [3.05, 3.63) is 100 Å². The number of nitro groups is 1. The van der Waals surface area contributed by atoms with E-state index in [0.29, 0.717) is 11.3 Å². The Morgan fingerprint density at radius 2 is 1.50 bits per heavy atom. The quantitative estimate of drug-likeness (QED) is 0.290. The Balaban J connectivity index is 2.04. The summed E-state index contributed by atoms with van der Waals surface area (Å²) in [5.41, 5.74) is 1.75. The van der Waals surface area contributed by atoms with Gasteiger partial charge >= 0.3 is 0 Å². The molecule has 0 amide bonds. The van der Waals surface area contributed by atoms with Crippen LogP contribution < -0.4 is 4.31 Å². The molecule has 3 rings (SSSR count). The molecular formula is C21H16N2O4S. The zero-order chi connectivity index (χ0) is 20.1. The molecule has 140 valence electrons. The van der Waals surface area contributed by atoms with Crippen LogP contribution in [0.5, 0.6) is 0 Å². The molecule has 0 N–H and O–H groups in total. The fraction of sp³-hybridized carbons (Fsp3) is 0.0476. The van der Waals surface area contributed by atoms with E-state index in [0.717, 1.165) is 9.87 Å². The first-order valence-corrected chi connectivity index (χ1v) is 9.75. The number of nitrogens with zero attached hydrogens (tertiary/aromatic N) is 2. The topological polar surface area (TPSA) is 80.5 Å². The number of sulfonamides is 1. The first-order valence-electron chi connectivity index (χ1n) is 8.31. The number of hydrogen-bond donors (Lipinski definition) is 0. The highest BCUT2D eigenvalue weighted by Gasteiger charge is 2.23. The Kier molecular flexibility index (Phi) is 5.43. The smallest absolute Gasteiger partial charge is 0.258 e. The first kappa shape index (κ1) is 19.1. The lowest BCUT2D eigenvalue weighted by Crippen LogP contribution is -2.26. The van der Waals surface area contributed by atoms with E-state index in [1.807, 2.05) is 6.92 Å². The molecule has 0 aliphatic rings. The van der Waals surface area contributed by atoms with Crippen molar-refractivity contribution < 1.29 is 13.3 Å². The van der Waals surface area contributed by atoms with Crippen LogP contribution in [0, 0.1) is 29.0 Å². The zero-order valence-corrected chi connectivity index (χ0v) is 15.8. The number of para-hydroxylation sites is 1. The molecule has 28 heavy (non-hydrogen) atoms. The predicted molar refractivity (Wildman–Crippen MR) is 107 cm³/mol. The predicted octanol–water partition coefficient (Wildman–Crippen LogP) is 4.11. The second-order valence-electron chi connectivity index (χ2n) is 5.96. The molecule has 0 aromatic heterocycles. The van der Waals surface area contributed by atoms with E-state index in [-0.39, 0.29) is 10.6 Å². The van der Waals surface area contributed by atoms with Gasteiger partial charge in [0.05, 0.1) is 15.5 Å². The molecule has 3 aromatic rings. The maximum Gasteiger partial charge on any atom is 0.275 e. The molecule has 0 fully saturated rings. The van der Waals surface area contributed by atoms with Crippen LogP contribution in [0.4, 0.5) is 11.4 Å². The molecule has 3 aromatic carbocycles. The number of aryl methyl sites for hydroxylation is 1. The lowest BCUT2D eigenvalue weighted by Gasteiger charge is -2.18. The average Bonchev–Trinajstić information content (AvgIpc) is 2.69. The summed E-state index contributed by atoms with van der Waals surface area (Å²) in [4.78, 5) is 10.4. The summed E-state index contributed by atoms with van der Waals surface area (Å²) < 4.78 is 27.3. The Morgan fingerprint density at radius 3 is 2.07 bits per heavy atom. The molecule has 0 spiro atoms. The van der Waals surface area contributed by atoms with Gasteiger partial charge in [-0.15, -0.1) is 0 Å². The largest absolute Gasteiger partial charge is 0.275 e. The van der Waals surface area contributed by atoms with Gasteiger partial charge in [0.1, 0.15) is 0 Å². The van der Waals surface area contributed by atoms with E-state index in [2.05, 4.69) is 12.0 Å². The van der Waals surface area contributed by atoms with Crippen molar-refractivity contribution in [2.24, 2.45) is 0 Å². The first-order chi connectivity index (χ1) is 13.4. The van der Waals surface area contributed by atoms with Crippen molar-refractivity contribution in [3.8, 4) is 12.0 Å². The molecule has 0 aliphatic carbocycles. The van der Waals surface area contributed by atoms with Crippen molar-refractivity contribution in [1.82, 2.24) is 0 Å². The van der Waals surface area contributed by atoms with Gasteiger partial charge in [-0.1, -0.05) is 35.9 Å². The second-order valence-corrected chi connectivity index (χ2v) is 7.75. The van der Waals surface area contributed by atoms with Gasteiger partial charge in [-0.25, -0.2) is 8.42 Å². The fourth-order valence-electron chi connectivity index (χ4n) is 2.42. The molecule has 0 heterocycles. The molecule has 0 radical (unpaired) electrons. The van der Waals surface area contributed by atoms with Crippen LogP contribution in [0.1, 0.15) is 11.1 Å². The van der Waals surface area contributed by atoms with Gasteiger partial charge in [0.15, 0.2) is 0 Å². The minimum absolute atomic E-state index is 0.0576. The molecular weight excluding hydrogens is 376 g/mol. The number of rotatable bonds is 4. The number of non-ortho nitro benzene ring substituents is 1. The summed E-state index contributed by atoms with van der Waals surface area (Å²) >= 11 is 0. The molecule has 0 saturated heterocycles. The Labute approximate surface area is 163 Å². The summed E-state index contributed by atoms with van der Waals surface area (Å²) in [6, 6.07) is 23.3. The molecule has 0 bridgehead atoms. The summed E-state index contributed by atoms with van der Waals surface area (Å²) in [7, 11) is -3.91. The highest BCUT2D eigenvalue weighted by Crippen LogP contribution is 2.23. The highest BCUT2D eigenvalue weighted by molar-refractivity contribution is 7.93. The van der Waals surface area contributed by atoms with Crippen LogP contribution in [0.15, 0.2) is 83.8 Å². The summed E-state index contributed by atoms with van der Waals surface area (Å²) in [5, 5.41) is 10.8. The van der Waals surface area contributed by atoms with E-state index in [1.165, 1.54) is 36.4 Å². The number of benzene rings is 3.